The first-order chi connectivity index (χ1) is 12.3. The van der Waals surface area contributed by atoms with Crippen molar-refractivity contribution < 1.29 is 13.2 Å². The molecule has 26 heavy (non-hydrogen) atoms. The van der Waals surface area contributed by atoms with Gasteiger partial charge in [0.2, 0.25) is 21.5 Å². The summed E-state index contributed by atoms with van der Waals surface area (Å²) in [5.74, 6) is -0.476. The Labute approximate surface area is 153 Å². The number of carbonyl (C=O) groups is 1. The third-order valence-corrected chi connectivity index (χ3v) is 6.31. The van der Waals surface area contributed by atoms with Gasteiger partial charge in [-0.3, -0.25) is 9.59 Å². The molecule has 1 aromatic carbocycles. The highest BCUT2D eigenvalue weighted by Gasteiger charge is 2.23. The molecular weight excluding hydrogens is 376 g/mol. The average Bonchev–Trinajstić information content (AvgIpc) is 2.98. The molecule has 2 aromatic heterocycles. The van der Waals surface area contributed by atoms with Gasteiger partial charge in [0.1, 0.15) is 0 Å². The number of rotatable bonds is 5. The molecule has 0 atom stereocenters. The molecule has 0 unspecified atom stereocenters. The zero-order valence-electron chi connectivity index (χ0n) is 14.0. The Morgan fingerprint density at radius 1 is 1.31 bits per heavy atom. The monoisotopic (exact) mass is 392 g/mol. The molecule has 0 fully saturated rings. The number of fused-ring (bicyclic) bond motifs is 1. The normalized spacial score (nSPS) is 11.8. The summed E-state index contributed by atoms with van der Waals surface area (Å²) in [6.07, 6.45) is 0. The lowest BCUT2D eigenvalue weighted by atomic mass is 10.2. The maximum atomic E-state index is 12.7. The number of amides is 1. The molecule has 3 rings (SSSR count). The van der Waals surface area contributed by atoms with Gasteiger partial charge in [-0.2, -0.15) is 4.31 Å². The predicted octanol–water partition coefficient (Wildman–Crippen LogP) is 1.55. The number of sulfonamides is 1. The van der Waals surface area contributed by atoms with Crippen LogP contribution < -0.4 is 10.9 Å². The van der Waals surface area contributed by atoms with Crippen LogP contribution in [-0.2, 0) is 14.8 Å². The van der Waals surface area contributed by atoms with Crippen LogP contribution >= 0.6 is 11.3 Å². The van der Waals surface area contributed by atoms with Gasteiger partial charge in [-0.1, -0.05) is 0 Å². The third kappa shape index (κ3) is 3.82. The number of thiazole rings is 1. The number of aromatic amines is 1. The summed E-state index contributed by atoms with van der Waals surface area (Å²) < 4.78 is 26.4. The van der Waals surface area contributed by atoms with E-state index in [0.29, 0.717) is 16.0 Å². The molecular formula is C16H16N4O4S2. The zero-order chi connectivity index (χ0) is 18.9. The number of likely N-dealkylation sites (N-methyl/N-ethyl adjacent to an activating group) is 1. The first-order valence-electron chi connectivity index (χ1n) is 7.57. The molecule has 0 aliphatic rings. The third-order valence-electron chi connectivity index (χ3n) is 3.63. The maximum absolute atomic E-state index is 12.7. The number of anilines is 1. The molecule has 3 aromatic rings. The number of nitrogens with one attached hydrogen (secondary N) is 2. The summed E-state index contributed by atoms with van der Waals surface area (Å²) in [4.78, 5) is 30.2. The quantitative estimate of drug-likeness (QED) is 0.684. The summed E-state index contributed by atoms with van der Waals surface area (Å²) in [6, 6.07) is 7.25. The van der Waals surface area contributed by atoms with Gasteiger partial charge in [0.05, 0.1) is 17.1 Å². The van der Waals surface area contributed by atoms with E-state index in [4.69, 9.17) is 0 Å². The van der Waals surface area contributed by atoms with E-state index < -0.39 is 15.9 Å². The number of nitrogens with zero attached hydrogens (tertiary/aromatic N) is 2. The van der Waals surface area contributed by atoms with Crippen molar-refractivity contribution in [2.24, 2.45) is 0 Å². The van der Waals surface area contributed by atoms with E-state index in [2.05, 4.69) is 15.3 Å². The molecule has 136 valence electrons. The fourth-order valence-corrected chi connectivity index (χ4v) is 4.20. The lowest BCUT2D eigenvalue weighted by Gasteiger charge is -2.16. The van der Waals surface area contributed by atoms with Crippen LogP contribution in [-0.4, -0.2) is 42.2 Å². The van der Waals surface area contributed by atoms with E-state index in [1.54, 1.807) is 18.4 Å². The molecule has 1 amide bonds. The largest absolute Gasteiger partial charge is 0.322 e. The summed E-state index contributed by atoms with van der Waals surface area (Å²) in [5, 5.41) is 5.37. The highest BCUT2D eigenvalue weighted by atomic mass is 32.2. The van der Waals surface area contributed by atoms with Crippen LogP contribution in [0.5, 0.6) is 0 Å². The summed E-state index contributed by atoms with van der Waals surface area (Å²) >= 11 is 1.27. The van der Waals surface area contributed by atoms with Crippen molar-refractivity contribution in [3.05, 3.63) is 51.8 Å². The van der Waals surface area contributed by atoms with Crippen molar-refractivity contribution in [3.63, 3.8) is 0 Å². The van der Waals surface area contributed by atoms with Crippen molar-refractivity contribution in [1.29, 1.82) is 0 Å². The summed E-state index contributed by atoms with van der Waals surface area (Å²) in [7, 11) is -2.53. The van der Waals surface area contributed by atoms with Gasteiger partial charge in [-0.15, -0.1) is 11.3 Å². The minimum atomic E-state index is -3.86. The summed E-state index contributed by atoms with van der Waals surface area (Å²) in [6.45, 7) is 1.46. The van der Waals surface area contributed by atoms with Gasteiger partial charge in [0, 0.05) is 24.0 Å². The van der Waals surface area contributed by atoms with E-state index in [9.17, 15) is 18.0 Å². The van der Waals surface area contributed by atoms with Crippen molar-refractivity contribution in [3.8, 4) is 0 Å². The Hall–Kier alpha value is -2.56. The highest BCUT2D eigenvalue weighted by molar-refractivity contribution is 7.89. The average molecular weight is 392 g/mol. The number of H-pyrrole nitrogens is 1. The lowest BCUT2D eigenvalue weighted by molar-refractivity contribution is -0.116. The van der Waals surface area contributed by atoms with E-state index >= 15 is 0 Å². The Balaban J connectivity index is 1.79. The summed E-state index contributed by atoms with van der Waals surface area (Å²) in [5.41, 5.74) is 1.05. The van der Waals surface area contributed by atoms with Crippen LogP contribution in [0.2, 0.25) is 0 Å². The molecule has 2 heterocycles. The number of benzene rings is 1. The minimum Gasteiger partial charge on any atom is -0.322 e. The Bertz CT molecular complexity index is 1130. The van der Waals surface area contributed by atoms with E-state index in [1.807, 2.05) is 0 Å². The first kappa shape index (κ1) is 18.2. The molecule has 0 saturated heterocycles. The molecule has 8 nitrogen and oxygen atoms in total. The number of aromatic nitrogens is 2. The molecule has 0 spiro atoms. The van der Waals surface area contributed by atoms with Crippen molar-refractivity contribution in [2.75, 3.05) is 18.9 Å². The Kier molecular flexibility index (Phi) is 4.90. The molecule has 10 heteroatoms. The highest BCUT2D eigenvalue weighted by Crippen LogP contribution is 2.20. The van der Waals surface area contributed by atoms with Gasteiger partial charge >= 0.3 is 0 Å². The second-order valence-corrected chi connectivity index (χ2v) is 8.58. The van der Waals surface area contributed by atoms with Crippen LogP contribution in [0.25, 0.3) is 10.9 Å². The molecule has 0 bridgehead atoms. The topological polar surface area (TPSA) is 112 Å². The standard InChI is InChI=1S/C16H16N4O4S2/c1-10-9-25-16(17-10)19-15(22)8-20(2)26(23,24)12-4-5-13-11(7-12)3-6-14(21)18-13/h3-7,9H,8H2,1-2H3,(H,18,21)(H,17,19,22). The SMILES string of the molecule is Cc1csc(NC(=O)CN(C)S(=O)(=O)c2ccc3[nH]c(=O)ccc3c2)n1. The smallest absolute Gasteiger partial charge is 0.248 e. The minimum absolute atomic E-state index is 0.0393. The first-order valence-corrected chi connectivity index (χ1v) is 9.89. The van der Waals surface area contributed by atoms with Gasteiger partial charge in [-0.25, -0.2) is 13.4 Å². The van der Waals surface area contributed by atoms with Gasteiger partial charge in [0.15, 0.2) is 5.13 Å². The molecule has 0 aliphatic carbocycles. The number of carbonyl (C=O) groups excluding carboxylic acids is 1. The fourth-order valence-electron chi connectivity index (χ4n) is 2.33. The Morgan fingerprint density at radius 3 is 2.77 bits per heavy atom. The Morgan fingerprint density at radius 2 is 2.08 bits per heavy atom. The van der Waals surface area contributed by atoms with Crippen molar-refractivity contribution in [1.82, 2.24) is 14.3 Å². The van der Waals surface area contributed by atoms with Gasteiger partial charge in [0.25, 0.3) is 0 Å². The molecule has 2 N–H and O–H groups in total. The van der Waals surface area contributed by atoms with Crippen molar-refractivity contribution >= 4 is 43.3 Å². The number of hydrogen-bond donors (Lipinski definition) is 2. The number of aryl methyl sites for hydroxylation is 1. The number of hydrogen-bond acceptors (Lipinski definition) is 6. The van der Waals surface area contributed by atoms with Crippen molar-refractivity contribution in [2.45, 2.75) is 11.8 Å². The second-order valence-electron chi connectivity index (χ2n) is 5.67. The van der Waals surface area contributed by atoms with E-state index in [1.165, 1.54) is 42.6 Å². The maximum Gasteiger partial charge on any atom is 0.248 e. The predicted molar refractivity (Wildman–Crippen MR) is 99.9 cm³/mol. The van der Waals surface area contributed by atoms with Crippen LogP contribution in [0.1, 0.15) is 5.69 Å². The fraction of sp³-hybridized carbons (Fsp3) is 0.188. The van der Waals surface area contributed by atoms with Crippen LogP contribution in [0.15, 0.2) is 45.4 Å². The van der Waals surface area contributed by atoms with Gasteiger partial charge < -0.3 is 10.3 Å². The lowest BCUT2D eigenvalue weighted by Crippen LogP contribution is -2.35. The molecule has 0 aliphatic heterocycles. The van der Waals surface area contributed by atoms with Gasteiger partial charge in [-0.05, 0) is 36.6 Å². The second kappa shape index (κ2) is 6.98. The van der Waals surface area contributed by atoms with Crippen LogP contribution in [0, 0.1) is 6.92 Å². The van der Waals surface area contributed by atoms with E-state index in [0.717, 1.165) is 10.00 Å². The molecule has 0 saturated carbocycles. The van der Waals surface area contributed by atoms with E-state index in [-0.39, 0.29) is 17.0 Å². The number of pyridine rings is 1. The van der Waals surface area contributed by atoms with Crippen LogP contribution in [0.4, 0.5) is 5.13 Å². The zero-order valence-corrected chi connectivity index (χ0v) is 15.6. The molecule has 0 radical (unpaired) electrons. The van der Waals surface area contributed by atoms with Crippen LogP contribution in [0.3, 0.4) is 0 Å².